The summed E-state index contributed by atoms with van der Waals surface area (Å²) in [4.78, 5) is 57.7. The van der Waals surface area contributed by atoms with Gasteiger partial charge in [0.15, 0.2) is 5.49 Å². The second kappa shape index (κ2) is 8.46. The van der Waals surface area contributed by atoms with Gasteiger partial charge in [0.05, 0.1) is 16.9 Å². The number of aryl methyl sites for hydroxylation is 1. The van der Waals surface area contributed by atoms with Crippen LogP contribution < -0.4 is 11.0 Å². The van der Waals surface area contributed by atoms with Gasteiger partial charge in [-0.25, -0.2) is 9.78 Å². The van der Waals surface area contributed by atoms with Gasteiger partial charge < -0.3 is 9.30 Å². The van der Waals surface area contributed by atoms with Gasteiger partial charge in [-0.05, 0) is 31.2 Å². The van der Waals surface area contributed by atoms with Crippen LogP contribution in [0.2, 0.25) is 0 Å². The Balaban J connectivity index is 2.07. The maximum Gasteiger partial charge on any atom is 0.341 e. The van der Waals surface area contributed by atoms with Crippen molar-refractivity contribution in [1.29, 1.82) is 0 Å². The molecule has 0 bridgehead atoms. The zero-order chi connectivity index (χ0) is 23.7. The Labute approximate surface area is 185 Å². The molecule has 0 fully saturated rings. The Morgan fingerprint density at radius 3 is 2.61 bits per heavy atom. The Bertz CT molecular complexity index is 1580. The van der Waals surface area contributed by atoms with E-state index in [4.69, 9.17) is 4.74 Å². The standard InChI is InChI=1S/C22H17N5O6/c1-3-33-22(30)15-12-14-18(23-17-10-6-7-11-26(17)21(14)29)25(2)19(15)24-20(28)13-8-4-5-9-16(13)27(31)32/h4-12H,3H2,1-2H3. The number of carbonyl (C=O) groups is 2. The molecule has 11 nitrogen and oxygen atoms in total. The molecule has 0 aliphatic carbocycles. The molecule has 0 spiro atoms. The lowest BCUT2D eigenvalue weighted by atomic mass is 10.1. The molecule has 166 valence electrons. The number of carbonyl (C=O) groups excluding carboxylic acids is 2. The summed E-state index contributed by atoms with van der Waals surface area (Å²) in [6.45, 7) is 1.66. The van der Waals surface area contributed by atoms with Crippen LogP contribution in [0.25, 0.3) is 16.7 Å². The van der Waals surface area contributed by atoms with Crippen molar-refractivity contribution in [2.75, 3.05) is 6.61 Å². The highest BCUT2D eigenvalue weighted by molar-refractivity contribution is 6.00. The zero-order valence-corrected chi connectivity index (χ0v) is 17.6. The Morgan fingerprint density at radius 1 is 1.15 bits per heavy atom. The van der Waals surface area contributed by atoms with Gasteiger partial charge in [0.1, 0.15) is 22.4 Å². The van der Waals surface area contributed by atoms with Gasteiger partial charge in [-0.2, -0.15) is 4.99 Å². The molecule has 0 saturated carbocycles. The van der Waals surface area contributed by atoms with Gasteiger partial charge in [-0.15, -0.1) is 0 Å². The lowest BCUT2D eigenvalue weighted by Crippen LogP contribution is -2.31. The van der Waals surface area contributed by atoms with Crippen LogP contribution in [0.15, 0.2) is 64.5 Å². The number of benzene rings is 1. The van der Waals surface area contributed by atoms with Crippen LogP contribution in [0.3, 0.4) is 0 Å². The fraction of sp³-hybridized carbons (Fsp3) is 0.136. The number of rotatable bonds is 4. The maximum atomic E-state index is 13.0. The highest BCUT2D eigenvalue weighted by atomic mass is 16.6. The summed E-state index contributed by atoms with van der Waals surface area (Å²) in [5.41, 5.74) is -0.851. The van der Waals surface area contributed by atoms with Gasteiger partial charge in [0.2, 0.25) is 0 Å². The number of amides is 1. The van der Waals surface area contributed by atoms with E-state index >= 15 is 0 Å². The molecule has 3 aromatic heterocycles. The summed E-state index contributed by atoms with van der Waals surface area (Å²) in [5, 5.41) is 11.4. The van der Waals surface area contributed by atoms with Crippen molar-refractivity contribution < 1.29 is 19.2 Å². The molecule has 0 aliphatic heterocycles. The molecule has 0 N–H and O–H groups in total. The first-order chi connectivity index (χ1) is 15.8. The maximum absolute atomic E-state index is 13.0. The van der Waals surface area contributed by atoms with Gasteiger partial charge >= 0.3 is 5.97 Å². The summed E-state index contributed by atoms with van der Waals surface area (Å²) in [6, 6.07) is 11.6. The average Bonchev–Trinajstić information content (AvgIpc) is 2.81. The van der Waals surface area contributed by atoms with Crippen LogP contribution in [-0.4, -0.2) is 37.4 Å². The van der Waals surface area contributed by atoms with Gasteiger partial charge in [0.25, 0.3) is 17.2 Å². The first-order valence-corrected chi connectivity index (χ1v) is 9.84. The molecule has 4 rings (SSSR count). The minimum Gasteiger partial charge on any atom is -0.462 e. The predicted octanol–water partition coefficient (Wildman–Crippen LogP) is 2.01. The Kier molecular flexibility index (Phi) is 5.53. The zero-order valence-electron chi connectivity index (χ0n) is 17.6. The first kappa shape index (κ1) is 21.6. The Hall–Kier alpha value is -4.67. The van der Waals surface area contributed by atoms with E-state index in [0.717, 1.165) is 0 Å². The SMILES string of the molecule is CCOC(=O)c1cc2c(=O)n3ccccc3nc2n(C)c1=NC(=O)c1ccccc1[N+](=O)[O-]. The average molecular weight is 447 g/mol. The van der Waals surface area contributed by atoms with E-state index in [9.17, 15) is 24.5 Å². The molecule has 4 aromatic rings. The monoisotopic (exact) mass is 447 g/mol. The normalized spacial score (nSPS) is 11.6. The van der Waals surface area contributed by atoms with Crippen LogP contribution >= 0.6 is 0 Å². The molecule has 0 atom stereocenters. The molecule has 3 heterocycles. The lowest BCUT2D eigenvalue weighted by Gasteiger charge is -2.11. The fourth-order valence-electron chi connectivity index (χ4n) is 3.43. The molecule has 0 unspecified atom stereocenters. The second-order valence-electron chi connectivity index (χ2n) is 6.94. The summed E-state index contributed by atoms with van der Waals surface area (Å²) >= 11 is 0. The number of fused-ring (bicyclic) bond motifs is 2. The summed E-state index contributed by atoms with van der Waals surface area (Å²) in [5.74, 6) is -1.73. The topological polar surface area (TPSA) is 138 Å². The second-order valence-corrected chi connectivity index (χ2v) is 6.94. The van der Waals surface area contributed by atoms with Gasteiger partial charge in [-0.3, -0.25) is 24.1 Å². The number of hydrogen-bond donors (Lipinski definition) is 0. The molecule has 0 saturated heterocycles. The minimum atomic E-state index is -0.930. The largest absolute Gasteiger partial charge is 0.462 e. The minimum absolute atomic E-state index is 0.0487. The van der Waals surface area contributed by atoms with Crippen LogP contribution in [0.5, 0.6) is 0 Å². The molecule has 1 aromatic carbocycles. The molecule has 0 radical (unpaired) electrons. The fourth-order valence-corrected chi connectivity index (χ4v) is 3.43. The molecule has 1 amide bonds. The quantitative estimate of drug-likeness (QED) is 0.202. The van der Waals surface area contributed by atoms with Crippen LogP contribution in [0.1, 0.15) is 27.6 Å². The molecule has 33 heavy (non-hydrogen) atoms. The number of para-hydroxylation sites is 1. The third-order valence-electron chi connectivity index (χ3n) is 4.95. The highest BCUT2D eigenvalue weighted by Crippen LogP contribution is 2.18. The summed E-state index contributed by atoms with van der Waals surface area (Å²) in [6.07, 6.45) is 1.55. The molecule has 0 aliphatic rings. The lowest BCUT2D eigenvalue weighted by molar-refractivity contribution is -0.385. The Morgan fingerprint density at radius 2 is 1.88 bits per heavy atom. The van der Waals surface area contributed by atoms with Crippen molar-refractivity contribution in [2.24, 2.45) is 12.0 Å². The van der Waals surface area contributed by atoms with Crippen LogP contribution in [0.4, 0.5) is 5.69 Å². The number of esters is 1. The van der Waals surface area contributed by atoms with Crippen molar-refractivity contribution in [1.82, 2.24) is 14.0 Å². The van der Waals surface area contributed by atoms with Crippen molar-refractivity contribution in [3.8, 4) is 0 Å². The van der Waals surface area contributed by atoms with Crippen LogP contribution in [-0.2, 0) is 11.8 Å². The number of nitro benzene ring substituents is 1. The van der Waals surface area contributed by atoms with Crippen molar-refractivity contribution in [3.63, 3.8) is 0 Å². The van der Waals surface area contributed by atoms with E-state index in [1.807, 2.05) is 0 Å². The first-order valence-electron chi connectivity index (χ1n) is 9.84. The van der Waals surface area contributed by atoms with E-state index in [2.05, 4.69) is 9.98 Å². The van der Waals surface area contributed by atoms with E-state index in [1.165, 1.54) is 46.3 Å². The predicted molar refractivity (Wildman–Crippen MR) is 117 cm³/mol. The number of nitrogens with zero attached hydrogens (tertiary/aromatic N) is 5. The van der Waals surface area contributed by atoms with Gasteiger partial charge in [-0.1, -0.05) is 18.2 Å². The van der Waals surface area contributed by atoms with E-state index < -0.39 is 28.0 Å². The summed E-state index contributed by atoms with van der Waals surface area (Å²) in [7, 11) is 1.49. The highest BCUT2D eigenvalue weighted by Gasteiger charge is 2.22. The molecular formula is C22H17N5O6. The molecule has 11 heteroatoms. The van der Waals surface area contributed by atoms with Gasteiger partial charge in [0, 0.05) is 19.3 Å². The van der Waals surface area contributed by atoms with Crippen LogP contribution in [0, 0.1) is 10.1 Å². The number of pyridine rings is 2. The van der Waals surface area contributed by atoms with E-state index in [1.54, 1.807) is 31.3 Å². The third-order valence-corrected chi connectivity index (χ3v) is 4.95. The van der Waals surface area contributed by atoms with Crippen molar-refractivity contribution in [2.45, 2.75) is 6.92 Å². The summed E-state index contributed by atoms with van der Waals surface area (Å²) < 4.78 is 7.74. The van der Waals surface area contributed by atoms with Crippen molar-refractivity contribution >= 4 is 34.2 Å². The molecular weight excluding hydrogens is 430 g/mol. The van der Waals surface area contributed by atoms with E-state index in [0.29, 0.717) is 5.65 Å². The smallest absolute Gasteiger partial charge is 0.341 e. The third kappa shape index (κ3) is 3.76. The number of hydrogen-bond acceptors (Lipinski definition) is 7. The van der Waals surface area contributed by atoms with E-state index in [-0.39, 0.29) is 34.3 Å². The number of ether oxygens (including phenoxy) is 1. The number of aromatic nitrogens is 3. The van der Waals surface area contributed by atoms with Crippen molar-refractivity contribution in [3.05, 3.63) is 91.8 Å². The number of nitro groups is 1.